The lowest BCUT2D eigenvalue weighted by Crippen LogP contribution is -2.45. The van der Waals surface area contributed by atoms with Crippen molar-refractivity contribution >= 4 is 41.7 Å². The van der Waals surface area contributed by atoms with E-state index in [9.17, 15) is 4.79 Å². The number of guanidine groups is 1. The summed E-state index contributed by atoms with van der Waals surface area (Å²) >= 11 is 0. The van der Waals surface area contributed by atoms with Crippen molar-refractivity contribution in [3.05, 3.63) is 23.9 Å². The monoisotopic (exact) mass is 569 g/mol. The molecule has 2 saturated heterocycles. The zero-order valence-corrected chi connectivity index (χ0v) is 22.5. The molecule has 1 aromatic rings. The van der Waals surface area contributed by atoms with E-state index in [4.69, 9.17) is 4.99 Å². The average Bonchev–Trinajstić information content (AvgIpc) is 3.51. The first-order valence-corrected chi connectivity index (χ1v) is 12.3. The van der Waals surface area contributed by atoms with Crippen LogP contribution < -0.4 is 15.5 Å². The summed E-state index contributed by atoms with van der Waals surface area (Å²) in [4.78, 5) is 29.1. The lowest BCUT2D eigenvalue weighted by Gasteiger charge is -2.34. The number of nitrogens with one attached hydrogen (secondary N) is 2. The van der Waals surface area contributed by atoms with Gasteiger partial charge in [-0.1, -0.05) is 18.9 Å². The first-order valence-electron chi connectivity index (χ1n) is 12.3. The summed E-state index contributed by atoms with van der Waals surface area (Å²) in [6, 6.07) is 4.38. The minimum Gasteiger partial charge on any atom is -0.357 e. The number of pyridine rings is 1. The maximum atomic E-state index is 12.8. The van der Waals surface area contributed by atoms with Crippen molar-refractivity contribution in [1.82, 2.24) is 25.4 Å². The van der Waals surface area contributed by atoms with Gasteiger partial charge in [0, 0.05) is 69.5 Å². The summed E-state index contributed by atoms with van der Waals surface area (Å²) in [6.07, 6.45) is 7.39. The van der Waals surface area contributed by atoms with Crippen LogP contribution in [0.2, 0.25) is 0 Å². The van der Waals surface area contributed by atoms with Crippen LogP contribution in [0, 0.1) is 5.92 Å². The number of carbonyl (C=O) groups excluding carboxylic acids is 1. The highest BCUT2D eigenvalue weighted by Crippen LogP contribution is 2.28. The van der Waals surface area contributed by atoms with E-state index in [-0.39, 0.29) is 35.9 Å². The molecule has 4 rings (SSSR count). The zero-order valence-electron chi connectivity index (χ0n) is 20.1. The number of rotatable bonds is 6. The highest BCUT2D eigenvalue weighted by molar-refractivity contribution is 14.0. The Labute approximate surface area is 215 Å². The number of aromatic nitrogens is 1. The van der Waals surface area contributed by atoms with Crippen molar-refractivity contribution in [3.8, 4) is 0 Å². The maximum absolute atomic E-state index is 12.8. The fraction of sp³-hybridized carbons (Fsp3) is 0.708. The third kappa shape index (κ3) is 6.94. The standard InChI is InChI=1S/C24H39N7O.HI/c1-3-25-24(28-21-10-12-31(18-21)23(32)19-7-4-5-8-19)27-17-20-9-6-11-26-22(20)30-15-13-29(2)14-16-30;/h6,9,11,19,21H,3-5,7-8,10,12-18H2,1-2H3,(H2,25,27,28);1H. The number of aliphatic imine (C=N–C) groups is 1. The van der Waals surface area contributed by atoms with E-state index < -0.39 is 0 Å². The second kappa shape index (κ2) is 12.7. The predicted octanol–water partition coefficient (Wildman–Crippen LogP) is 2.30. The van der Waals surface area contributed by atoms with Gasteiger partial charge in [0.15, 0.2) is 5.96 Å². The van der Waals surface area contributed by atoms with E-state index >= 15 is 0 Å². The van der Waals surface area contributed by atoms with Crippen LogP contribution >= 0.6 is 24.0 Å². The van der Waals surface area contributed by atoms with Gasteiger partial charge in [-0.3, -0.25) is 4.79 Å². The number of carbonyl (C=O) groups is 1. The number of hydrogen-bond donors (Lipinski definition) is 2. The van der Waals surface area contributed by atoms with Crippen LogP contribution in [0.25, 0.3) is 0 Å². The van der Waals surface area contributed by atoms with E-state index in [0.717, 1.165) is 82.4 Å². The lowest BCUT2D eigenvalue weighted by molar-refractivity contribution is -0.134. The van der Waals surface area contributed by atoms with Crippen molar-refractivity contribution in [2.75, 3.05) is 57.8 Å². The summed E-state index contributed by atoms with van der Waals surface area (Å²) in [5, 5.41) is 6.95. The average molecular weight is 570 g/mol. The van der Waals surface area contributed by atoms with E-state index in [0.29, 0.717) is 12.5 Å². The molecule has 0 radical (unpaired) electrons. The number of piperazine rings is 1. The van der Waals surface area contributed by atoms with Crippen LogP contribution in [-0.2, 0) is 11.3 Å². The molecule has 1 saturated carbocycles. The molecule has 0 spiro atoms. The predicted molar refractivity (Wildman–Crippen MR) is 144 cm³/mol. The first-order chi connectivity index (χ1) is 15.6. The molecule has 33 heavy (non-hydrogen) atoms. The Balaban J connectivity index is 0.00000306. The topological polar surface area (TPSA) is 76.1 Å². The van der Waals surface area contributed by atoms with Crippen LogP contribution in [0.5, 0.6) is 0 Å². The molecule has 1 aromatic heterocycles. The van der Waals surface area contributed by atoms with Crippen molar-refractivity contribution in [2.24, 2.45) is 10.9 Å². The molecule has 3 fully saturated rings. The van der Waals surface area contributed by atoms with Gasteiger partial charge >= 0.3 is 0 Å². The summed E-state index contributed by atoms with van der Waals surface area (Å²) in [7, 11) is 2.17. The van der Waals surface area contributed by atoms with Gasteiger partial charge in [-0.2, -0.15) is 0 Å². The van der Waals surface area contributed by atoms with Gasteiger partial charge in [0.1, 0.15) is 5.82 Å². The fourth-order valence-corrected chi connectivity index (χ4v) is 5.04. The summed E-state index contributed by atoms with van der Waals surface area (Å²) in [5.41, 5.74) is 1.15. The van der Waals surface area contributed by atoms with Crippen LogP contribution in [-0.4, -0.2) is 85.6 Å². The van der Waals surface area contributed by atoms with E-state index in [1.807, 2.05) is 12.3 Å². The molecule has 0 aromatic carbocycles. The minimum atomic E-state index is 0. The number of likely N-dealkylation sites (N-methyl/N-ethyl adjacent to an activating group) is 1. The highest BCUT2D eigenvalue weighted by Gasteiger charge is 2.32. The van der Waals surface area contributed by atoms with Gasteiger partial charge in [-0.05, 0) is 39.3 Å². The SMILES string of the molecule is CCNC(=NCc1cccnc1N1CCN(C)CC1)NC1CCN(C(=O)C2CCCC2)C1.I. The second-order valence-electron chi connectivity index (χ2n) is 9.37. The molecule has 2 aliphatic heterocycles. The van der Waals surface area contributed by atoms with E-state index in [2.05, 4.69) is 50.4 Å². The van der Waals surface area contributed by atoms with Crippen molar-refractivity contribution < 1.29 is 4.79 Å². The summed E-state index contributed by atoms with van der Waals surface area (Å²) in [5.74, 6) is 2.49. The number of nitrogens with zero attached hydrogens (tertiary/aromatic N) is 5. The molecule has 1 unspecified atom stereocenters. The van der Waals surface area contributed by atoms with Gasteiger partial charge in [-0.25, -0.2) is 9.98 Å². The molecular weight excluding hydrogens is 529 g/mol. The number of likely N-dealkylation sites (tertiary alicyclic amines) is 1. The normalized spacial score (nSPS) is 22.4. The molecule has 1 amide bonds. The molecule has 8 nitrogen and oxygen atoms in total. The Morgan fingerprint density at radius 1 is 1.15 bits per heavy atom. The number of amides is 1. The van der Waals surface area contributed by atoms with Crippen LogP contribution in [0.3, 0.4) is 0 Å². The third-order valence-corrected chi connectivity index (χ3v) is 6.97. The molecule has 3 aliphatic rings. The van der Waals surface area contributed by atoms with Gasteiger partial charge in [-0.15, -0.1) is 24.0 Å². The molecule has 1 atom stereocenters. The summed E-state index contributed by atoms with van der Waals surface area (Å²) < 4.78 is 0. The van der Waals surface area contributed by atoms with Crippen molar-refractivity contribution in [3.63, 3.8) is 0 Å². The Morgan fingerprint density at radius 3 is 2.64 bits per heavy atom. The Hall–Kier alpha value is -1.62. The van der Waals surface area contributed by atoms with Crippen LogP contribution in [0.15, 0.2) is 23.3 Å². The van der Waals surface area contributed by atoms with E-state index in [1.54, 1.807) is 0 Å². The largest absolute Gasteiger partial charge is 0.357 e. The van der Waals surface area contributed by atoms with Crippen molar-refractivity contribution in [1.29, 1.82) is 0 Å². The van der Waals surface area contributed by atoms with Crippen LogP contribution in [0.1, 0.15) is 44.6 Å². The molecule has 0 bridgehead atoms. The van der Waals surface area contributed by atoms with Gasteiger partial charge < -0.3 is 25.3 Å². The fourth-order valence-electron chi connectivity index (χ4n) is 5.04. The van der Waals surface area contributed by atoms with Crippen LogP contribution in [0.4, 0.5) is 5.82 Å². The van der Waals surface area contributed by atoms with Gasteiger partial charge in [0.25, 0.3) is 0 Å². The second-order valence-corrected chi connectivity index (χ2v) is 9.37. The summed E-state index contributed by atoms with van der Waals surface area (Å²) in [6.45, 7) is 9.21. The third-order valence-electron chi connectivity index (χ3n) is 6.97. The van der Waals surface area contributed by atoms with Gasteiger partial charge in [0.05, 0.1) is 6.54 Å². The Kier molecular flexibility index (Phi) is 10.0. The molecule has 3 heterocycles. The lowest BCUT2D eigenvalue weighted by atomic mass is 10.1. The number of halogens is 1. The maximum Gasteiger partial charge on any atom is 0.225 e. The Bertz CT molecular complexity index is 791. The molecule has 2 N–H and O–H groups in total. The molecule has 1 aliphatic carbocycles. The van der Waals surface area contributed by atoms with Crippen molar-refractivity contribution in [2.45, 2.75) is 51.6 Å². The molecular formula is C24H40IN7O. The quantitative estimate of drug-likeness (QED) is 0.311. The van der Waals surface area contributed by atoms with Gasteiger partial charge in [0.2, 0.25) is 5.91 Å². The molecule has 184 valence electrons. The first kappa shape index (κ1) is 26.0. The highest BCUT2D eigenvalue weighted by atomic mass is 127. The smallest absolute Gasteiger partial charge is 0.225 e. The Morgan fingerprint density at radius 2 is 1.91 bits per heavy atom. The molecule has 9 heteroatoms. The van der Waals surface area contributed by atoms with E-state index in [1.165, 1.54) is 12.8 Å². The zero-order chi connectivity index (χ0) is 22.3. The number of anilines is 1. The minimum absolute atomic E-state index is 0. The number of hydrogen-bond acceptors (Lipinski definition) is 5.